The van der Waals surface area contributed by atoms with Crippen LogP contribution in [0.1, 0.15) is 25.3 Å². The summed E-state index contributed by atoms with van der Waals surface area (Å²) in [6, 6.07) is 12.4. The van der Waals surface area contributed by atoms with Gasteiger partial charge in [0.25, 0.3) is 0 Å². The summed E-state index contributed by atoms with van der Waals surface area (Å²) in [5.74, 6) is -0.649. The quantitative estimate of drug-likeness (QED) is 0.703. The van der Waals surface area contributed by atoms with Crippen LogP contribution in [0, 0.1) is 18.7 Å². The third-order valence-corrected chi connectivity index (χ3v) is 6.94. The summed E-state index contributed by atoms with van der Waals surface area (Å²) in [5.41, 5.74) is 1.16. The lowest BCUT2D eigenvalue weighted by atomic mass is 9.97. The van der Waals surface area contributed by atoms with E-state index in [2.05, 4.69) is 10.0 Å². The van der Waals surface area contributed by atoms with Gasteiger partial charge in [0.2, 0.25) is 15.9 Å². The van der Waals surface area contributed by atoms with Crippen molar-refractivity contribution in [3.05, 3.63) is 59.9 Å². The molecule has 0 spiro atoms. The highest BCUT2D eigenvalue weighted by atomic mass is 32.2. The minimum atomic E-state index is -3.57. The van der Waals surface area contributed by atoms with Crippen molar-refractivity contribution in [1.29, 1.82) is 0 Å². The number of carbonyl (C=O) groups excluding carboxylic acids is 1. The number of para-hydroxylation sites is 1. The monoisotopic (exact) mass is 433 g/mol. The Morgan fingerprint density at radius 3 is 2.60 bits per heavy atom. The second-order valence-corrected chi connectivity index (χ2v) is 9.58. The Balaban J connectivity index is 1.56. The summed E-state index contributed by atoms with van der Waals surface area (Å²) in [6.45, 7) is 5.35. The zero-order valence-electron chi connectivity index (χ0n) is 17.3. The molecule has 1 aliphatic rings. The van der Waals surface area contributed by atoms with Crippen molar-refractivity contribution in [3.63, 3.8) is 0 Å². The van der Waals surface area contributed by atoms with Gasteiger partial charge in [0, 0.05) is 13.1 Å². The fourth-order valence-corrected chi connectivity index (χ4v) is 4.73. The van der Waals surface area contributed by atoms with Crippen molar-refractivity contribution in [2.45, 2.75) is 37.6 Å². The van der Waals surface area contributed by atoms with E-state index in [0.29, 0.717) is 13.1 Å². The minimum Gasteiger partial charge on any atom is -0.322 e. The van der Waals surface area contributed by atoms with Crippen molar-refractivity contribution in [3.8, 4) is 0 Å². The molecule has 30 heavy (non-hydrogen) atoms. The molecule has 0 aliphatic carbocycles. The van der Waals surface area contributed by atoms with E-state index < -0.39 is 21.9 Å². The van der Waals surface area contributed by atoms with Gasteiger partial charge in [-0.05, 0) is 63.4 Å². The summed E-state index contributed by atoms with van der Waals surface area (Å²) >= 11 is 0. The fraction of sp³-hybridized carbons (Fsp3) is 0.409. The van der Waals surface area contributed by atoms with E-state index in [-0.39, 0.29) is 22.4 Å². The summed E-state index contributed by atoms with van der Waals surface area (Å²) in [5, 5.41) is 2.64. The van der Waals surface area contributed by atoms with Gasteiger partial charge in [-0.15, -0.1) is 0 Å². The number of hydrogen-bond donors (Lipinski definition) is 2. The van der Waals surface area contributed by atoms with Gasteiger partial charge in [-0.2, -0.15) is 0 Å². The lowest BCUT2D eigenvalue weighted by molar-refractivity contribution is -0.121. The largest absolute Gasteiger partial charge is 0.322 e. The van der Waals surface area contributed by atoms with Crippen molar-refractivity contribution in [2.75, 3.05) is 25.0 Å². The van der Waals surface area contributed by atoms with E-state index in [1.807, 2.05) is 11.8 Å². The molecule has 0 bridgehead atoms. The molecule has 1 aliphatic heterocycles. The second kappa shape index (κ2) is 9.68. The van der Waals surface area contributed by atoms with E-state index in [4.69, 9.17) is 0 Å². The standard InChI is InChI=1S/C22H28FN3O3S/c1-16-9-11-19(12-10-16)30(28,29)24-14-18-6-5-13-26(15-18)17(2)22(27)25-21-8-4-3-7-20(21)23/h3-4,7-12,17-18,24H,5-6,13-15H2,1-2H3,(H,25,27). The van der Waals surface area contributed by atoms with E-state index in [0.717, 1.165) is 24.9 Å². The van der Waals surface area contributed by atoms with Gasteiger partial charge in [0.15, 0.2) is 0 Å². The highest BCUT2D eigenvalue weighted by Gasteiger charge is 2.28. The molecule has 2 aromatic carbocycles. The summed E-state index contributed by atoms with van der Waals surface area (Å²) in [4.78, 5) is 14.8. The van der Waals surface area contributed by atoms with Crippen molar-refractivity contribution in [2.24, 2.45) is 5.92 Å². The molecule has 0 aromatic heterocycles. The first-order valence-corrected chi connectivity index (χ1v) is 11.6. The maximum Gasteiger partial charge on any atom is 0.241 e. The second-order valence-electron chi connectivity index (χ2n) is 7.81. The predicted molar refractivity (Wildman–Crippen MR) is 115 cm³/mol. The normalized spacial score (nSPS) is 18.7. The predicted octanol–water partition coefficient (Wildman–Crippen LogP) is 3.15. The lowest BCUT2D eigenvalue weighted by Gasteiger charge is -2.36. The fourth-order valence-electron chi connectivity index (χ4n) is 3.61. The number of sulfonamides is 1. The molecule has 2 N–H and O–H groups in total. The Hall–Kier alpha value is -2.29. The van der Waals surface area contributed by atoms with Crippen LogP contribution in [-0.4, -0.2) is 44.9 Å². The number of anilines is 1. The Morgan fingerprint density at radius 2 is 1.90 bits per heavy atom. The highest BCUT2D eigenvalue weighted by Crippen LogP contribution is 2.20. The van der Waals surface area contributed by atoms with Crippen LogP contribution in [0.3, 0.4) is 0 Å². The van der Waals surface area contributed by atoms with Crippen LogP contribution in [-0.2, 0) is 14.8 Å². The third kappa shape index (κ3) is 5.65. The average Bonchev–Trinajstić information content (AvgIpc) is 2.74. The van der Waals surface area contributed by atoms with Gasteiger partial charge in [-0.25, -0.2) is 17.5 Å². The molecule has 2 unspecified atom stereocenters. The zero-order valence-corrected chi connectivity index (χ0v) is 18.1. The van der Waals surface area contributed by atoms with Gasteiger partial charge in [0.1, 0.15) is 5.82 Å². The Morgan fingerprint density at radius 1 is 1.20 bits per heavy atom. The molecule has 8 heteroatoms. The molecule has 1 saturated heterocycles. The van der Waals surface area contributed by atoms with Gasteiger partial charge in [0.05, 0.1) is 16.6 Å². The number of carbonyl (C=O) groups is 1. The Labute approximate surface area is 177 Å². The van der Waals surface area contributed by atoms with Crippen LogP contribution < -0.4 is 10.0 Å². The highest BCUT2D eigenvalue weighted by molar-refractivity contribution is 7.89. The summed E-state index contributed by atoms with van der Waals surface area (Å²) in [7, 11) is -3.57. The molecule has 1 fully saturated rings. The molecular weight excluding hydrogens is 405 g/mol. The first-order chi connectivity index (χ1) is 14.3. The number of nitrogens with one attached hydrogen (secondary N) is 2. The molecule has 162 valence electrons. The zero-order chi connectivity index (χ0) is 21.7. The molecule has 3 rings (SSSR count). The smallest absolute Gasteiger partial charge is 0.241 e. The van der Waals surface area contributed by atoms with Crippen LogP contribution in [0.2, 0.25) is 0 Å². The molecule has 2 aromatic rings. The van der Waals surface area contributed by atoms with Crippen molar-refractivity contribution >= 4 is 21.6 Å². The van der Waals surface area contributed by atoms with Crippen LogP contribution in [0.25, 0.3) is 0 Å². The van der Waals surface area contributed by atoms with E-state index >= 15 is 0 Å². The first kappa shape index (κ1) is 22.4. The number of benzene rings is 2. The summed E-state index contributed by atoms with van der Waals surface area (Å²) < 4.78 is 41.5. The lowest BCUT2D eigenvalue weighted by Crippen LogP contribution is -2.49. The van der Waals surface area contributed by atoms with Crippen molar-refractivity contribution < 1.29 is 17.6 Å². The molecule has 6 nitrogen and oxygen atoms in total. The van der Waals surface area contributed by atoms with Crippen molar-refractivity contribution in [1.82, 2.24) is 9.62 Å². The number of nitrogens with zero attached hydrogens (tertiary/aromatic N) is 1. The maximum atomic E-state index is 13.8. The van der Waals surface area contributed by atoms with Gasteiger partial charge in [-0.1, -0.05) is 29.8 Å². The van der Waals surface area contributed by atoms with E-state index in [1.165, 1.54) is 12.1 Å². The Kier molecular flexibility index (Phi) is 7.23. The van der Waals surface area contributed by atoms with E-state index in [9.17, 15) is 17.6 Å². The molecule has 2 atom stereocenters. The minimum absolute atomic E-state index is 0.0997. The first-order valence-electron chi connectivity index (χ1n) is 10.1. The molecule has 1 heterocycles. The molecule has 0 radical (unpaired) electrons. The topological polar surface area (TPSA) is 78.5 Å². The van der Waals surface area contributed by atoms with Crippen LogP contribution in [0.15, 0.2) is 53.4 Å². The number of piperidine rings is 1. The van der Waals surface area contributed by atoms with Gasteiger partial charge < -0.3 is 5.32 Å². The number of likely N-dealkylation sites (tertiary alicyclic amines) is 1. The van der Waals surface area contributed by atoms with Gasteiger partial charge in [-0.3, -0.25) is 9.69 Å². The Bertz CT molecular complexity index is 979. The number of rotatable bonds is 7. The molecule has 1 amide bonds. The van der Waals surface area contributed by atoms with Crippen LogP contribution >= 0.6 is 0 Å². The maximum absolute atomic E-state index is 13.8. The van der Waals surface area contributed by atoms with Crippen LogP contribution in [0.5, 0.6) is 0 Å². The third-order valence-electron chi connectivity index (χ3n) is 5.50. The number of halogens is 1. The number of aryl methyl sites for hydroxylation is 1. The average molecular weight is 434 g/mol. The number of amides is 1. The molecule has 0 saturated carbocycles. The van der Waals surface area contributed by atoms with E-state index in [1.54, 1.807) is 43.3 Å². The van der Waals surface area contributed by atoms with Crippen LogP contribution in [0.4, 0.5) is 10.1 Å². The SMILES string of the molecule is Cc1ccc(S(=O)(=O)NCC2CCCN(C(C)C(=O)Nc3ccccc3F)C2)cc1. The molecular formula is C22H28FN3O3S. The van der Waals surface area contributed by atoms with Gasteiger partial charge >= 0.3 is 0 Å². The number of hydrogen-bond acceptors (Lipinski definition) is 4. The summed E-state index contributed by atoms with van der Waals surface area (Å²) in [6.07, 6.45) is 1.75.